The van der Waals surface area contributed by atoms with Crippen LogP contribution in [0.3, 0.4) is 0 Å². The van der Waals surface area contributed by atoms with Crippen molar-refractivity contribution in [2.75, 3.05) is 5.32 Å². The third kappa shape index (κ3) is 4.01. The van der Waals surface area contributed by atoms with E-state index < -0.39 is 17.7 Å². The van der Waals surface area contributed by atoms with E-state index >= 15 is 0 Å². The van der Waals surface area contributed by atoms with Crippen molar-refractivity contribution in [3.8, 4) is 0 Å². The second-order valence-corrected chi connectivity index (χ2v) is 5.32. The van der Waals surface area contributed by atoms with Gasteiger partial charge >= 0.3 is 6.03 Å². The quantitative estimate of drug-likeness (QED) is 0.830. The smallest absolute Gasteiger partial charge is 0.319 e. The van der Waals surface area contributed by atoms with E-state index in [1.54, 1.807) is 6.92 Å². The molecule has 0 aromatic heterocycles. The van der Waals surface area contributed by atoms with Crippen LogP contribution in [0.25, 0.3) is 0 Å². The molecule has 0 saturated heterocycles. The molecule has 2 N–H and O–H groups in total. The van der Waals surface area contributed by atoms with Gasteiger partial charge in [0.05, 0.1) is 11.7 Å². The van der Waals surface area contributed by atoms with Gasteiger partial charge in [-0.3, -0.25) is 0 Å². The van der Waals surface area contributed by atoms with Crippen molar-refractivity contribution >= 4 is 27.6 Å². The van der Waals surface area contributed by atoms with E-state index in [1.807, 2.05) is 24.3 Å². The number of carbonyl (C=O) groups is 1. The van der Waals surface area contributed by atoms with E-state index in [0.717, 1.165) is 16.1 Å². The van der Waals surface area contributed by atoms with E-state index in [2.05, 4.69) is 26.6 Å². The largest absolute Gasteiger partial charge is 0.331 e. The predicted octanol–water partition coefficient (Wildman–Crippen LogP) is 4.61. The summed E-state index contributed by atoms with van der Waals surface area (Å²) in [4.78, 5) is 11.8. The van der Waals surface area contributed by atoms with Crippen LogP contribution in [0.15, 0.2) is 46.9 Å². The molecule has 21 heavy (non-hydrogen) atoms. The lowest BCUT2D eigenvalue weighted by Crippen LogP contribution is -2.31. The predicted molar refractivity (Wildman–Crippen MR) is 81.1 cm³/mol. The van der Waals surface area contributed by atoms with Gasteiger partial charge in [0.15, 0.2) is 0 Å². The fourth-order valence-corrected chi connectivity index (χ4v) is 2.48. The standard InChI is InChI=1S/C15H13BrF2N2O/c1-9(11-4-2-3-5-12(11)16)19-15(21)20-14-7-6-10(17)8-13(14)18/h2-9H,1H3,(H2,19,20,21). The van der Waals surface area contributed by atoms with Crippen LogP contribution in [0.2, 0.25) is 0 Å². The van der Waals surface area contributed by atoms with E-state index in [9.17, 15) is 13.6 Å². The summed E-state index contributed by atoms with van der Waals surface area (Å²) in [7, 11) is 0. The Morgan fingerprint density at radius 2 is 1.90 bits per heavy atom. The Hall–Kier alpha value is -1.95. The normalized spacial score (nSPS) is 11.8. The number of carbonyl (C=O) groups excluding carboxylic acids is 1. The summed E-state index contributed by atoms with van der Waals surface area (Å²) in [6.07, 6.45) is 0. The molecule has 0 heterocycles. The fourth-order valence-electron chi connectivity index (χ4n) is 1.85. The number of hydrogen-bond acceptors (Lipinski definition) is 1. The summed E-state index contributed by atoms with van der Waals surface area (Å²) in [5, 5.41) is 5.04. The fraction of sp³-hybridized carbons (Fsp3) is 0.133. The van der Waals surface area contributed by atoms with Gasteiger partial charge in [0.2, 0.25) is 0 Å². The van der Waals surface area contributed by atoms with Gasteiger partial charge in [-0.05, 0) is 30.7 Å². The van der Waals surface area contributed by atoms with Gasteiger partial charge in [-0.15, -0.1) is 0 Å². The van der Waals surface area contributed by atoms with Crippen LogP contribution in [0.4, 0.5) is 19.3 Å². The number of halogens is 3. The molecular formula is C15H13BrF2N2O. The molecule has 2 amide bonds. The first-order valence-corrected chi connectivity index (χ1v) is 7.03. The molecule has 0 saturated carbocycles. The Kier molecular flexibility index (Phi) is 4.90. The Morgan fingerprint density at radius 3 is 2.57 bits per heavy atom. The highest BCUT2D eigenvalue weighted by atomic mass is 79.9. The van der Waals surface area contributed by atoms with Crippen LogP contribution < -0.4 is 10.6 Å². The minimum Gasteiger partial charge on any atom is -0.331 e. The summed E-state index contributed by atoms with van der Waals surface area (Å²) in [6.45, 7) is 1.81. The van der Waals surface area contributed by atoms with Crippen molar-refractivity contribution in [2.24, 2.45) is 0 Å². The Labute approximate surface area is 129 Å². The van der Waals surface area contributed by atoms with Crippen LogP contribution in [0, 0.1) is 11.6 Å². The second-order valence-electron chi connectivity index (χ2n) is 4.47. The van der Waals surface area contributed by atoms with Crippen LogP contribution >= 0.6 is 15.9 Å². The lowest BCUT2D eigenvalue weighted by Gasteiger charge is -2.16. The van der Waals surface area contributed by atoms with Gasteiger partial charge in [0.25, 0.3) is 0 Å². The third-order valence-corrected chi connectivity index (χ3v) is 3.62. The average molecular weight is 355 g/mol. The van der Waals surface area contributed by atoms with Gasteiger partial charge in [-0.25, -0.2) is 13.6 Å². The highest BCUT2D eigenvalue weighted by molar-refractivity contribution is 9.10. The van der Waals surface area contributed by atoms with Crippen LogP contribution in [-0.4, -0.2) is 6.03 Å². The number of anilines is 1. The maximum atomic E-state index is 13.4. The van der Waals surface area contributed by atoms with Crippen molar-refractivity contribution in [3.63, 3.8) is 0 Å². The molecule has 6 heteroatoms. The van der Waals surface area contributed by atoms with E-state index in [0.29, 0.717) is 6.07 Å². The van der Waals surface area contributed by atoms with Gasteiger partial charge in [0, 0.05) is 10.5 Å². The van der Waals surface area contributed by atoms with Crippen LogP contribution in [0.1, 0.15) is 18.5 Å². The summed E-state index contributed by atoms with van der Waals surface area (Å²) in [5.74, 6) is -1.52. The highest BCUT2D eigenvalue weighted by Crippen LogP contribution is 2.23. The first-order chi connectivity index (χ1) is 9.97. The van der Waals surface area contributed by atoms with E-state index in [-0.39, 0.29) is 11.7 Å². The van der Waals surface area contributed by atoms with Crippen molar-refractivity contribution < 1.29 is 13.6 Å². The molecule has 1 unspecified atom stereocenters. The van der Waals surface area contributed by atoms with Gasteiger partial charge in [-0.2, -0.15) is 0 Å². The van der Waals surface area contributed by atoms with Crippen molar-refractivity contribution in [3.05, 3.63) is 64.1 Å². The second kappa shape index (κ2) is 6.67. The van der Waals surface area contributed by atoms with E-state index in [4.69, 9.17) is 0 Å². The lowest BCUT2D eigenvalue weighted by atomic mass is 10.1. The summed E-state index contributed by atoms with van der Waals surface area (Å²) < 4.78 is 27.1. The SMILES string of the molecule is CC(NC(=O)Nc1ccc(F)cc1F)c1ccccc1Br. The molecule has 2 aromatic carbocycles. The third-order valence-electron chi connectivity index (χ3n) is 2.90. The Balaban J connectivity index is 2.03. The molecule has 0 aliphatic rings. The monoisotopic (exact) mass is 354 g/mol. The first kappa shape index (κ1) is 15.4. The summed E-state index contributed by atoms with van der Waals surface area (Å²) >= 11 is 3.40. The number of nitrogens with one attached hydrogen (secondary N) is 2. The summed E-state index contributed by atoms with van der Waals surface area (Å²) in [5.41, 5.74) is 0.820. The zero-order valence-electron chi connectivity index (χ0n) is 11.2. The van der Waals surface area contributed by atoms with Gasteiger partial charge in [0.1, 0.15) is 11.6 Å². The molecular weight excluding hydrogens is 342 g/mol. The number of rotatable bonds is 3. The van der Waals surface area contributed by atoms with Gasteiger partial charge in [-0.1, -0.05) is 34.1 Å². The summed E-state index contributed by atoms with van der Waals surface area (Å²) in [6, 6.07) is 9.59. The molecule has 110 valence electrons. The number of benzene rings is 2. The van der Waals surface area contributed by atoms with Crippen molar-refractivity contribution in [1.29, 1.82) is 0 Å². The van der Waals surface area contributed by atoms with Crippen LogP contribution in [-0.2, 0) is 0 Å². The molecule has 0 radical (unpaired) electrons. The van der Waals surface area contributed by atoms with E-state index in [1.165, 1.54) is 6.07 Å². The molecule has 0 aliphatic heterocycles. The molecule has 0 fully saturated rings. The number of amides is 2. The molecule has 0 bridgehead atoms. The Bertz CT molecular complexity index is 664. The Morgan fingerprint density at radius 1 is 1.19 bits per heavy atom. The molecule has 2 rings (SSSR count). The first-order valence-electron chi connectivity index (χ1n) is 6.24. The molecule has 0 spiro atoms. The maximum Gasteiger partial charge on any atom is 0.319 e. The molecule has 0 aliphatic carbocycles. The van der Waals surface area contributed by atoms with Gasteiger partial charge < -0.3 is 10.6 Å². The molecule has 1 atom stereocenters. The average Bonchev–Trinajstić information content (AvgIpc) is 2.42. The molecule has 3 nitrogen and oxygen atoms in total. The van der Waals surface area contributed by atoms with Crippen LogP contribution in [0.5, 0.6) is 0 Å². The van der Waals surface area contributed by atoms with Crippen molar-refractivity contribution in [2.45, 2.75) is 13.0 Å². The minimum atomic E-state index is -0.821. The van der Waals surface area contributed by atoms with Crippen molar-refractivity contribution in [1.82, 2.24) is 5.32 Å². The minimum absolute atomic E-state index is 0.0757. The number of urea groups is 1. The number of hydrogen-bond donors (Lipinski definition) is 2. The maximum absolute atomic E-state index is 13.4. The highest BCUT2D eigenvalue weighted by Gasteiger charge is 2.13. The zero-order valence-corrected chi connectivity index (χ0v) is 12.7. The lowest BCUT2D eigenvalue weighted by molar-refractivity contribution is 0.249. The topological polar surface area (TPSA) is 41.1 Å². The zero-order chi connectivity index (χ0) is 15.4. The molecule has 2 aromatic rings.